The predicted molar refractivity (Wildman–Crippen MR) is 111 cm³/mol. The number of carboxylic acids is 1. The van der Waals surface area contributed by atoms with Gasteiger partial charge >= 0.3 is 5.97 Å². The number of aliphatic carboxylic acids is 1. The standard InChI is InChI=1S/C18H20FNO5.C4H9N/c19-13-6-3-11(4-7-13)2-1-9-20-16(18(24)25)17(23)12-5-8-14(21)15(22)10-12;1-2-4-5-3-1/h3-8,10,16-17,20-23H,1-2,9H2,(H,24,25);5H,1-4H2/t16-,17?;/m0./s1. The molecule has 1 saturated heterocycles. The van der Waals surface area contributed by atoms with E-state index in [2.05, 4.69) is 10.6 Å². The second kappa shape index (κ2) is 12.1. The lowest BCUT2D eigenvalue weighted by Gasteiger charge is -2.21. The van der Waals surface area contributed by atoms with Crippen LogP contribution < -0.4 is 10.6 Å². The highest BCUT2D eigenvalue weighted by molar-refractivity contribution is 5.74. The van der Waals surface area contributed by atoms with Crippen LogP contribution in [0, 0.1) is 5.82 Å². The first kappa shape index (κ1) is 23.6. The van der Waals surface area contributed by atoms with Gasteiger partial charge in [-0.1, -0.05) is 18.2 Å². The highest BCUT2D eigenvalue weighted by atomic mass is 19.1. The van der Waals surface area contributed by atoms with E-state index < -0.39 is 23.9 Å². The van der Waals surface area contributed by atoms with Gasteiger partial charge in [-0.25, -0.2) is 4.39 Å². The Labute approximate surface area is 175 Å². The highest BCUT2D eigenvalue weighted by Gasteiger charge is 2.27. The minimum atomic E-state index is -1.39. The number of hydrogen-bond acceptors (Lipinski definition) is 6. The summed E-state index contributed by atoms with van der Waals surface area (Å²) in [7, 11) is 0. The molecule has 0 aromatic heterocycles. The zero-order chi connectivity index (χ0) is 21.9. The molecule has 1 fully saturated rings. The van der Waals surface area contributed by atoms with E-state index in [1.807, 2.05) is 0 Å². The van der Waals surface area contributed by atoms with E-state index in [1.165, 1.54) is 50.2 Å². The van der Waals surface area contributed by atoms with E-state index in [4.69, 9.17) is 0 Å². The molecule has 0 bridgehead atoms. The number of halogens is 1. The first-order valence-corrected chi connectivity index (χ1v) is 10.00. The van der Waals surface area contributed by atoms with Crippen molar-refractivity contribution in [2.24, 2.45) is 0 Å². The number of aliphatic hydroxyl groups is 1. The number of phenols is 2. The number of nitrogens with one attached hydrogen (secondary N) is 2. The average molecular weight is 420 g/mol. The maximum atomic E-state index is 12.8. The van der Waals surface area contributed by atoms with Crippen LogP contribution in [-0.2, 0) is 11.2 Å². The number of aliphatic hydroxyl groups excluding tert-OH is 1. The van der Waals surface area contributed by atoms with E-state index in [1.54, 1.807) is 12.1 Å². The zero-order valence-electron chi connectivity index (χ0n) is 16.7. The number of hydrogen-bond donors (Lipinski definition) is 6. The molecular formula is C22H29FN2O5. The van der Waals surface area contributed by atoms with Crippen LogP contribution in [0.4, 0.5) is 4.39 Å². The summed E-state index contributed by atoms with van der Waals surface area (Å²) in [6, 6.07) is 8.44. The van der Waals surface area contributed by atoms with Gasteiger partial charge in [-0.2, -0.15) is 0 Å². The zero-order valence-corrected chi connectivity index (χ0v) is 16.7. The van der Waals surface area contributed by atoms with Crippen molar-refractivity contribution >= 4 is 5.97 Å². The first-order chi connectivity index (χ1) is 14.4. The van der Waals surface area contributed by atoms with E-state index in [0.717, 1.165) is 11.6 Å². The Bertz CT molecular complexity index is 789. The smallest absolute Gasteiger partial charge is 0.323 e. The monoisotopic (exact) mass is 420 g/mol. The number of phenolic OH excluding ortho intramolecular Hbond substituents is 2. The van der Waals surface area contributed by atoms with Crippen molar-refractivity contribution in [1.82, 2.24) is 10.6 Å². The number of benzene rings is 2. The molecule has 164 valence electrons. The van der Waals surface area contributed by atoms with E-state index in [9.17, 15) is 29.6 Å². The lowest BCUT2D eigenvalue weighted by atomic mass is 10.0. The van der Waals surface area contributed by atoms with Crippen LogP contribution in [0.5, 0.6) is 11.5 Å². The van der Waals surface area contributed by atoms with Crippen LogP contribution in [0.3, 0.4) is 0 Å². The van der Waals surface area contributed by atoms with Crippen LogP contribution in [0.25, 0.3) is 0 Å². The van der Waals surface area contributed by atoms with Crippen LogP contribution in [0.15, 0.2) is 42.5 Å². The Hall–Kier alpha value is -2.68. The Morgan fingerprint density at radius 2 is 1.73 bits per heavy atom. The van der Waals surface area contributed by atoms with Gasteiger partial charge in [0.25, 0.3) is 0 Å². The molecule has 30 heavy (non-hydrogen) atoms. The number of carboxylic acid groups (broad SMARTS) is 1. The number of aromatic hydroxyl groups is 2. The predicted octanol–water partition coefficient (Wildman–Crippen LogP) is 2.32. The summed E-state index contributed by atoms with van der Waals surface area (Å²) in [4.78, 5) is 11.4. The molecule has 0 radical (unpaired) electrons. The van der Waals surface area contributed by atoms with Gasteiger partial charge in [-0.05, 0) is 80.7 Å². The van der Waals surface area contributed by atoms with Crippen LogP contribution >= 0.6 is 0 Å². The fraction of sp³-hybridized carbons (Fsp3) is 0.409. The van der Waals surface area contributed by atoms with Crippen molar-refractivity contribution in [3.63, 3.8) is 0 Å². The lowest BCUT2D eigenvalue weighted by Crippen LogP contribution is -2.42. The molecule has 0 saturated carbocycles. The first-order valence-electron chi connectivity index (χ1n) is 10.00. The second-order valence-electron chi connectivity index (χ2n) is 7.15. The normalized spacial score (nSPS) is 15.1. The molecule has 1 aliphatic rings. The summed E-state index contributed by atoms with van der Waals surface area (Å²) >= 11 is 0. The van der Waals surface area contributed by atoms with Crippen LogP contribution in [0.1, 0.15) is 36.5 Å². The minimum absolute atomic E-state index is 0.175. The summed E-state index contributed by atoms with van der Waals surface area (Å²) in [5.74, 6) is -2.33. The Morgan fingerprint density at radius 3 is 2.27 bits per heavy atom. The largest absolute Gasteiger partial charge is 0.504 e. The van der Waals surface area contributed by atoms with Crippen molar-refractivity contribution in [3.05, 3.63) is 59.4 Å². The van der Waals surface area contributed by atoms with Gasteiger partial charge in [0.2, 0.25) is 0 Å². The molecule has 1 heterocycles. The SMILES string of the molecule is C1CCNC1.O=C(O)[C@@H](NCCCc1ccc(F)cc1)C(O)c1ccc(O)c(O)c1. The van der Waals surface area contributed by atoms with Crippen molar-refractivity contribution in [1.29, 1.82) is 0 Å². The number of aryl methyl sites for hydroxylation is 1. The van der Waals surface area contributed by atoms with Crippen molar-refractivity contribution < 1.29 is 29.6 Å². The molecule has 2 aromatic carbocycles. The molecule has 1 unspecified atom stereocenters. The maximum absolute atomic E-state index is 12.8. The molecule has 3 rings (SSSR count). The lowest BCUT2D eigenvalue weighted by molar-refractivity contribution is -0.142. The molecule has 0 aliphatic carbocycles. The Kier molecular flexibility index (Phi) is 9.53. The average Bonchev–Trinajstić information content (AvgIpc) is 3.31. The van der Waals surface area contributed by atoms with Gasteiger partial charge in [0.1, 0.15) is 18.0 Å². The number of rotatable bonds is 8. The highest BCUT2D eigenvalue weighted by Crippen LogP contribution is 2.29. The third-order valence-corrected chi connectivity index (χ3v) is 4.80. The van der Waals surface area contributed by atoms with E-state index in [0.29, 0.717) is 19.4 Å². The summed E-state index contributed by atoms with van der Waals surface area (Å²) in [5.41, 5.74) is 1.10. The topological polar surface area (TPSA) is 122 Å². The van der Waals surface area contributed by atoms with E-state index in [-0.39, 0.29) is 17.1 Å². The van der Waals surface area contributed by atoms with Gasteiger partial charge in [-0.15, -0.1) is 0 Å². The summed E-state index contributed by atoms with van der Waals surface area (Å²) in [6.07, 6.45) is 2.62. The molecule has 8 heteroatoms. The van der Waals surface area contributed by atoms with Crippen molar-refractivity contribution in [2.75, 3.05) is 19.6 Å². The quantitative estimate of drug-likeness (QED) is 0.286. The molecule has 1 aliphatic heterocycles. The molecule has 6 N–H and O–H groups in total. The fourth-order valence-electron chi connectivity index (χ4n) is 3.08. The Morgan fingerprint density at radius 1 is 1.07 bits per heavy atom. The molecule has 2 aromatic rings. The minimum Gasteiger partial charge on any atom is -0.504 e. The molecule has 0 spiro atoms. The summed E-state index contributed by atoms with van der Waals surface area (Å²) < 4.78 is 12.8. The third kappa shape index (κ3) is 7.62. The second-order valence-corrected chi connectivity index (χ2v) is 7.15. The molecule has 7 nitrogen and oxygen atoms in total. The molecular weight excluding hydrogens is 391 g/mol. The third-order valence-electron chi connectivity index (χ3n) is 4.80. The van der Waals surface area contributed by atoms with Crippen molar-refractivity contribution in [2.45, 2.75) is 37.8 Å². The van der Waals surface area contributed by atoms with Gasteiger partial charge in [0.15, 0.2) is 11.5 Å². The molecule has 0 amide bonds. The van der Waals surface area contributed by atoms with Crippen LogP contribution in [-0.4, -0.2) is 52.1 Å². The Balaban J connectivity index is 0.000000558. The van der Waals surface area contributed by atoms with Gasteiger partial charge in [-0.3, -0.25) is 4.79 Å². The van der Waals surface area contributed by atoms with Gasteiger partial charge in [0, 0.05) is 0 Å². The fourth-order valence-corrected chi connectivity index (χ4v) is 3.08. The summed E-state index contributed by atoms with van der Waals surface area (Å²) in [6.45, 7) is 2.83. The van der Waals surface area contributed by atoms with Crippen molar-refractivity contribution in [3.8, 4) is 11.5 Å². The molecule has 2 atom stereocenters. The maximum Gasteiger partial charge on any atom is 0.323 e. The van der Waals surface area contributed by atoms with Gasteiger partial charge in [0.05, 0.1) is 0 Å². The van der Waals surface area contributed by atoms with E-state index >= 15 is 0 Å². The van der Waals surface area contributed by atoms with Crippen LogP contribution in [0.2, 0.25) is 0 Å². The summed E-state index contributed by atoms with van der Waals surface area (Å²) in [5, 5.41) is 44.3. The van der Waals surface area contributed by atoms with Gasteiger partial charge < -0.3 is 31.1 Å². The number of carbonyl (C=O) groups is 1.